The summed E-state index contributed by atoms with van der Waals surface area (Å²) >= 11 is 0. The van der Waals surface area contributed by atoms with Crippen molar-refractivity contribution in [2.45, 2.75) is 19.8 Å². The van der Waals surface area contributed by atoms with E-state index in [1.165, 1.54) is 16.7 Å². The molecule has 4 heteroatoms. The summed E-state index contributed by atoms with van der Waals surface area (Å²) in [6.07, 6.45) is 0. The van der Waals surface area contributed by atoms with Crippen molar-refractivity contribution in [2.75, 3.05) is 13.7 Å². The van der Waals surface area contributed by atoms with E-state index in [1.807, 2.05) is 36.0 Å². The first-order chi connectivity index (χ1) is 12.0. The lowest BCUT2D eigenvalue weighted by atomic mass is 9.90. The fourth-order valence-corrected chi connectivity index (χ4v) is 3.25. The summed E-state index contributed by atoms with van der Waals surface area (Å²) in [7, 11) is 3.65. The van der Waals surface area contributed by atoms with Gasteiger partial charge in [-0.1, -0.05) is 23.8 Å². The maximum absolute atomic E-state index is 6.15. The normalized spacial score (nSPS) is 12.2. The Balaban J connectivity index is 2.01. The van der Waals surface area contributed by atoms with Gasteiger partial charge in [0, 0.05) is 30.8 Å². The molecule has 0 radical (unpaired) electrons. The van der Waals surface area contributed by atoms with Crippen LogP contribution in [-0.2, 0) is 7.05 Å². The average Bonchev–Trinajstić information content (AvgIpc) is 3.00. The van der Waals surface area contributed by atoms with Gasteiger partial charge in [-0.15, -0.1) is 0 Å². The molecule has 4 nitrogen and oxygen atoms in total. The third-order valence-electron chi connectivity index (χ3n) is 4.70. The Labute approximate surface area is 149 Å². The number of nitrogens with two attached hydrogens (primary N) is 1. The maximum Gasteiger partial charge on any atom is 0.118 e. The molecule has 0 amide bonds. The molecule has 1 unspecified atom stereocenters. The Kier molecular flexibility index (Phi) is 4.91. The van der Waals surface area contributed by atoms with Gasteiger partial charge in [0.05, 0.1) is 12.8 Å². The minimum atomic E-state index is 0.129. The second kappa shape index (κ2) is 7.11. The first-order valence-electron chi connectivity index (χ1n) is 8.49. The minimum Gasteiger partial charge on any atom is -0.497 e. The number of hydrogen-bond donors (Lipinski definition) is 1. The summed E-state index contributed by atoms with van der Waals surface area (Å²) in [5.74, 6) is 0.972. The molecule has 3 aromatic rings. The van der Waals surface area contributed by atoms with Gasteiger partial charge in [-0.25, -0.2) is 0 Å². The van der Waals surface area contributed by atoms with Crippen LogP contribution < -0.4 is 10.5 Å². The van der Waals surface area contributed by atoms with Crippen LogP contribution in [0.1, 0.15) is 28.3 Å². The lowest BCUT2D eigenvalue weighted by Gasteiger charge is -2.18. The molecule has 0 saturated heterocycles. The monoisotopic (exact) mass is 335 g/mol. The quantitative estimate of drug-likeness (QED) is 0.771. The number of aryl methyl sites for hydroxylation is 3. The largest absolute Gasteiger partial charge is 0.497 e. The van der Waals surface area contributed by atoms with Gasteiger partial charge in [0.25, 0.3) is 0 Å². The van der Waals surface area contributed by atoms with Crippen molar-refractivity contribution >= 4 is 0 Å². The van der Waals surface area contributed by atoms with Crippen LogP contribution in [-0.4, -0.2) is 23.4 Å². The van der Waals surface area contributed by atoms with E-state index in [4.69, 9.17) is 15.6 Å². The first kappa shape index (κ1) is 17.2. The highest BCUT2D eigenvalue weighted by atomic mass is 16.5. The molecule has 0 saturated carbocycles. The van der Waals surface area contributed by atoms with Crippen molar-refractivity contribution in [1.82, 2.24) is 9.78 Å². The van der Waals surface area contributed by atoms with Crippen molar-refractivity contribution in [3.63, 3.8) is 0 Å². The van der Waals surface area contributed by atoms with Gasteiger partial charge in [0.2, 0.25) is 0 Å². The molecule has 0 spiro atoms. The molecule has 0 aliphatic carbocycles. The SMILES string of the molecule is COc1ccc(-c2cc(C(CN)c3cc(C)ccc3C)n(C)n2)cc1. The summed E-state index contributed by atoms with van der Waals surface area (Å²) in [6.45, 7) is 4.80. The van der Waals surface area contributed by atoms with Crippen molar-refractivity contribution < 1.29 is 4.74 Å². The number of rotatable bonds is 5. The highest BCUT2D eigenvalue weighted by molar-refractivity contribution is 5.61. The highest BCUT2D eigenvalue weighted by Gasteiger charge is 2.20. The van der Waals surface area contributed by atoms with E-state index in [2.05, 4.69) is 38.1 Å². The number of benzene rings is 2. The van der Waals surface area contributed by atoms with E-state index >= 15 is 0 Å². The average molecular weight is 335 g/mol. The topological polar surface area (TPSA) is 53.1 Å². The van der Waals surface area contributed by atoms with Crippen LogP contribution in [0.25, 0.3) is 11.3 Å². The fourth-order valence-electron chi connectivity index (χ4n) is 3.25. The summed E-state index contributed by atoms with van der Waals surface area (Å²) in [5.41, 5.74) is 13.1. The molecular weight excluding hydrogens is 310 g/mol. The molecule has 0 aliphatic heterocycles. The second-order valence-electron chi connectivity index (χ2n) is 6.45. The minimum absolute atomic E-state index is 0.129. The molecular formula is C21H25N3O. The molecule has 2 N–H and O–H groups in total. The molecule has 130 valence electrons. The summed E-state index contributed by atoms with van der Waals surface area (Å²) in [6, 6.07) is 16.6. The second-order valence-corrected chi connectivity index (χ2v) is 6.45. The third-order valence-corrected chi connectivity index (χ3v) is 4.70. The predicted molar refractivity (Wildman–Crippen MR) is 102 cm³/mol. The summed E-state index contributed by atoms with van der Waals surface area (Å²) < 4.78 is 7.17. The third kappa shape index (κ3) is 3.44. The molecule has 3 rings (SSSR count). The van der Waals surface area contributed by atoms with Crippen molar-refractivity contribution in [1.29, 1.82) is 0 Å². The van der Waals surface area contributed by atoms with Crippen LogP contribution >= 0.6 is 0 Å². The molecule has 0 bridgehead atoms. The zero-order valence-electron chi connectivity index (χ0n) is 15.3. The van der Waals surface area contributed by atoms with Crippen molar-refractivity contribution in [3.8, 4) is 17.0 Å². The Hall–Kier alpha value is -2.59. The zero-order chi connectivity index (χ0) is 18.0. The van der Waals surface area contributed by atoms with Crippen molar-refractivity contribution in [3.05, 3.63) is 70.9 Å². The van der Waals surface area contributed by atoms with Crippen LogP contribution in [0.3, 0.4) is 0 Å². The highest BCUT2D eigenvalue weighted by Crippen LogP contribution is 2.30. The lowest BCUT2D eigenvalue weighted by molar-refractivity contribution is 0.415. The number of nitrogens with zero attached hydrogens (tertiary/aromatic N) is 2. The number of ether oxygens (including phenoxy) is 1. The Morgan fingerprint density at radius 3 is 2.44 bits per heavy atom. The predicted octanol–water partition coefficient (Wildman–Crippen LogP) is 3.80. The van der Waals surface area contributed by atoms with E-state index in [0.717, 1.165) is 22.7 Å². The summed E-state index contributed by atoms with van der Waals surface area (Å²) in [5, 5.41) is 4.70. The van der Waals surface area contributed by atoms with Crippen molar-refractivity contribution in [2.24, 2.45) is 12.8 Å². The van der Waals surface area contributed by atoms with Crippen LogP contribution in [0, 0.1) is 13.8 Å². The maximum atomic E-state index is 6.15. The molecule has 1 aromatic heterocycles. The smallest absolute Gasteiger partial charge is 0.118 e. The summed E-state index contributed by atoms with van der Waals surface area (Å²) in [4.78, 5) is 0. The van der Waals surface area contributed by atoms with Gasteiger partial charge < -0.3 is 10.5 Å². The molecule has 25 heavy (non-hydrogen) atoms. The zero-order valence-corrected chi connectivity index (χ0v) is 15.3. The van der Waals surface area contributed by atoms with Gasteiger partial charge >= 0.3 is 0 Å². The Morgan fingerprint density at radius 2 is 1.80 bits per heavy atom. The van der Waals surface area contributed by atoms with Crippen LogP contribution in [0.5, 0.6) is 5.75 Å². The fraction of sp³-hybridized carbons (Fsp3) is 0.286. The van der Waals surface area contributed by atoms with Gasteiger partial charge in [-0.05, 0) is 55.3 Å². The molecule has 1 atom stereocenters. The van der Waals surface area contributed by atoms with E-state index in [1.54, 1.807) is 7.11 Å². The van der Waals surface area contributed by atoms with Gasteiger partial charge in [-0.3, -0.25) is 4.68 Å². The number of aromatic nitrogens is 2. The van der Waals surface area contributed by atoms with Crippen LogP contribution in [0.2, 0.25) is 0 Å². The molecule has 1 heterocycles. The van der Waals surface area contributed by atoms with Gasteiger partial charge in [0.1, 0.15) is 5.75 Å². The molecule has 0 aliphatic rings. The van der Waals surface area contributed by atoms with E-state index in [0.29, 0.717) is 6.54 Å². The van der Waals surface area contributed by atoms with Crippen LogP contribution in [0.4, 0.5) is 0 Å². The molecule has 0 fully saturated rings. The van der Waals surface area contributed by atoms with E-state index in [-0.39, 0.29) is 5.92 Å². The number of methoxy groups -OCH3 is 1. The number of hydrogen-bond acceptors (Lipinski definition) is 3. The lowest BCUT2D eigenvalue weighted by Crippen LogP contribution is -2.18. The first-order valence-corrected chi connectivity index (χ1v) is 8.49. The van der Waals surface area contributed by atoms with E-state index < -0.39 is 0 Å². The van der Waals surface area contributed by atoms with Crippen LogP contribution in [0.15, 0.2) is 48.5 Å². The van der Waals surface area contributed by atoms with Gasteiger partial charge in [0.15, 0.2) is 0 Å². The van der Waals surface area contributed by atoms with E-state index in [9.17, 15) is 0 Å². The standard InChI is InChI=1S/C21H25N3O/c1-14-5-6-15(2)18(11-14)19(13-22)21-12-20(23-24(21)3)16-7-9-17(25-4)10-8-16/h5-12,19H,13,22H2,1-4H3. The molecule has 2 aromatic carbocycles. The Bertz CT molecular complexity index is 865. The Morgan fingerprint density at radius 1 is 1.08 bits per heavy atom. The van der Waals surface area contributed by atoms with Gasteiger partial charge in [-0.2, -0.15) is 5.10 Å².